The molecule has 3 fully saturated rings. The van der Waals surface area contributed by atoms with Crippen molar-refractivity contribution in [2.24, 2.45) is 5.92 Å². The van der Waals surface area contributed by atoms with Crippen LogP contribution in [-0.2, 0) is 17.9 Å². The van der Waals surface area contributed by atoms with Crippen LogP contribution < -0.4 is 10.6 Å². The molecule has 0 aliphatic carbocycles. The molecule has 2 atom stereocenters. The summed E-state index contributed by atoms with van der Waals surface area (Å²) in [6.45, 7) is 4.18. The second kappa shape index (κ2) is 11.4. The van der Waals surface area contributed by atoms with Crippen molar-refractivity contribution in [1.29, 1.82) is 0 Å². The fourth-order valence-corrected chi connectivity index (χ4v) is 5.02. The lowest BCUT2D eigenvalue weighted by Gasteiger charge is -2.28. The number of halogens is 2. The molecule has 2 unspecified atom stereocenters. The summed E-state index contributed by atoms with van der Waals surface area (Å²) in [6, 6.07) is 10.1. The van der Waals surface area contributed by atoms with E-state index in [1.54, 1.807) is 0 Å². The van der Waals surface area contributed by atoms with Crippen molar-refractivity contribution in [3.05, 3.63) is 35.4 Å². The van der Waals surface area contributed by atoms with Crippen molar-refractivity contribution in [2.75, 3.05) is 13.1 Å². The van der Waals surface area contributed by atoms with Crippen molar-refractivity contribution >= 4 is 30.7 Å². The van der Waals surface area contributed by atoms with Gasteiger partial charge in [0.2, 0.25) is 5.91 Å². The summed E-state index contributed by atoms with van der Waals surface area (Å²) >= 11 is 0. The van der Waals surface area contributed by atoms with Crippen molar-refractivity contribution < 1.29 is 4.79 Å². The van der Waals surface area contributed by atoms with Crippen LogP contribution in [0.15, 0.2) is 24.3 Å². The zero-order valence-electron chi connectivity index (χ0n) is 16.7. The van der Waals surface area contributed by atoms with E-state index in [2.05, 4.69) is 39.8 Å². The second-order valence-electron chi connectivity index (χ2n) is 8.61. The van der Waals surface area contributed by atoms with Gasteiger partial charge < -0.3 is 10.6 Å². The number of carbonyl (C=O) groups excluding carboxylic acids is 1. The van der Waals surface area contributed by atoms with E-state index in [9.17, 15) is 4.79 Å². The minimum Gasteiger partial charge on any atom is -0.352 e. The molecule has 3 saturated heterocycles. The molecule has 0 spiro atoms. The minimum absolute atomic E-state index is 0. The average molecular weight is 428 g/mol. The Morgan fingerprint density at radius 2 is 1.57 bits per heavy atom. The van der Waals surface area contributed by atoms with E-state index >= 15 is 0 Å². The van der Waals surface area contributed by atoms with Crippen LogP contribution in [0.3, 0.4) is 0 Å². The van der Waals surface area contributed by atoms with E-state index < -0.39 is 0 Å². The summed E-state index contributed by atoms with van der Waals surface area (Å²) in [4.78, 5) is 14.9. The molecule has 1 aromatic rings. The summed E-state index contributed by atoms with van der Waals surface area (Å²) in [5.74, 6) is 0.786. The SMILES string of the molecule is Cl.Cl.O=C(CC1CC2CCC(C1)N2)NCc1ccc(CN2CCCCC2)cc1. The van der Waals surface area contributed by atoms with E-state index in [-0.39, 0.29) is 30.7 Å². The molecule has 3 heterocycles. The lowest BCUT2D eigenvalue weighted by Crippen LogP contribution is -2.39. The van der Waals surface area contributed by atoms with E-state index in [0.717, 1.165) is 6.54 Å². The molecule has 2 bridgehead atoms. The van der Waals surface area contributed by atoms with Crippen LogP contribution in [-0.4, -0.2) is 36.0 Å². The van der Waals surface area contributed by atoms with Crippen LogP contribution in [0.1, 0.15) is 62.5 Å². The third-order valence-electron chi connectivity index (χ3n) is 6.41. The highest BCUT2D eigenvalue weighted by Gasteiger charge is 2.34. The quantitative estimate of drug-likeness (QED) is 0.719. The molecular formula is C22H35Cl2N3O. The normalized spacial score (nSPS) is 26.8. The van der Waals surface area contributed by atoms with Crippen molar-refractivity contribution in [1.82, 2.24) is 15.5 Å². The number of fused-ring (bicyclic) bond motifs is 2. The summed E-state index contributed by atoms with van der Waals surface area (Å²) in [5, 5.41) is 6.78. The van der Waals surface area contributed by atoms with Gasteiger partial charge in [-0.1, -0.05) is 30.7 Å². The number of nitrogens with zero attached hydrogens (tertiary/aromatic N) is 1. The van der Waals surface area contributed by atoms with E-state index in [4.69, 9.17) is 0 Å². The average Bonchev–Trinajstić information content (AvgIpc) is 3.00. The first kappa shape index (κ1) is 23.5. The van der Waals surface area contributed by atoms with Gasteiger partial charge in [0.1, 0.15) is 0 Å². The summed E-state index contributed by atoms with van der Waals surface area (Å²) < 4.78 is 0. The summed E-state index contributed by atoms with van der Waals surface area (Å²) in [7, 11) is 0. The van der Waals surface area contributed by atoms with Crippen LogP contribution in [0.5, 0.6) is 0 Å². The van der Waals surface area contributed by atoms with Gasteiger partial charge in [0.25, 0.3) is 0 Å². The number of hydrogen-bond acceptors (Lipinski definition) is 3. The molecule has 3 aliphatic heterocycles. The predicted octanol–water partition coefficient (Wildman–Crippen LogP) is 4.05. The van der Waals surface area contributed by atoms with Gasteiger partial charge in [0.15, 0.2) is 0 Å². The number of piperidine rings is 2. The Kier molecular flexibility index (Phi) is 9.55. The zero-order chi connectivity index (χ0) is 17.8. The smallest absolute Gasteiger partial charge is 0.220 e. The van der Waals surface area contributed by atoms with Crippen LogP contribution in [0.2, 0.25) is 0 Å². The highest BCUT2D eigenvalue weighted by Crippen LogP contribution is 2.32. The highest BCUT2D eigenvalue weighted by molar-refractivity contribution is 5.85. The Balaban J connectivity index is 0.00000140. The number of likely N-dealkylation sites (tertiary alicyclic amines) is 1. The van der Waals surface area contributed by atoms with Gasteiger partial charge in [-0.05, 0) is 68.7 Å². The number of nitrogens with one attached hydrogen (secondary N) is 2. The molecule has 158 valence electrons. The summed E-state index contributed by atoms with van der Waals surface area (Å²) in [6.07, 6.45) is 9.70. The van der Waals surface area contributed by atoms with Gasteiger partial charge in [-0.2, -0.15) is 0 Å². The molecule has 4 nitrogen and oxygen atoms in total. The molecular weight excluding hydrogens is 393 g/mol. The van der Waals surface area contributed by atoms with Crippen LogP contribution >= 0.6 is 24.8 Å². The van der Waals surface area contributed by atoms with Gasteiger partial charge in [-0.25, -0.2) is 0 Å². The van der Waals surface area contributed by atoms with Gasteiger partial charge in [-0.3, -0.25) is 9.69 Å². The van der Waals surface area contributed by atoms with Crippen LogP contribution in [0.4, 0.5) is 0 Å². The molecule has 0 saturated carbocycles. The van der Waals surface area contributed by atoms with Crippen molar-refractivity contribution in [3.63, 3.8) is 0 Å². The van der Waals surface area contributed by atoms with Crippen LogP contribution in [0, 0.1) is 5.92 Å². The van der Waals surface area contributed by atoms with Gasteiger partial charge in [-0.15, -0.1) is 24.8 Å². The van der Waals surface area contributed by atoms with Crippen LogP contribution in [0.25, 0.3) is 0 Å². The van der Waals surface area contributed by atoms with Gasteiger partial charge in [0.05, 0.1) is 0 Å². The van der Waals surface area contributed by atoms with Gasteiger partial charge in [0, 0.05) is 31.6 Å². The molecule has 0 aromatic heterocycles. The Morgan fingerprint density at radius 1 is 0.964 bits per heavy atom. The number of benzene rings is 1. The zero-order valence-corrected chi connectivity index (χ0v) is 18.3. The van der Waals surface area contributed by atoms with Gasteiger partial charge >= 0.3 is 0 Å². The highest BCUT2D eigenvalue weighted by atomic mass is 35.5. The molecule has 4 rings (SSSR count). The molecule has 1 aromatic carbocycles. The Morgan fingerprint density at radius 3 is 2.21 bits per heavy atom. The Bertz CT molecular complexity index is 592. The van der Waals surface area contributed by atoms with Crippen molar-refractivity contribution in [2.45, 2.75) is 76.5 Å². The first-order chi connectivity index (χ1) is 12.7. The molecule has 1 amide bonds. The lowest BCUT2D eigenvalue weighted by atomic mass is 9.89. The standard InChI is InChI=1S/C22H33N3O.2ClH/c26-22(14-19-12-20-8-9-21(13-19)24-20)23-15-17-4-6-18(7-5-17)16-25-10-2-1-3-11-25;;/h4-7,19-21,24H,1-3,8-16H2,(H,23,26);2*1H. The topological polar surface area (TPSA) is 44.4 Å². The Labute approximate surface area is 182 Å². The molecule has 0 radical (unpaired) electrons. The predicted molar refractivity (Wildman–Crippen MR) is 119 cm³/mol. The largest absolute Gasteiger partial charge is 0.352 e. The molecule has 28 heavy (non-hydrogen) atoms. The maximum absolute atomic E-state index is 12.3. The molecule has 3 aliphatic rings. The number of rotatable bonds is 6. The van der Waals surface area contributed by atoms with E-state index in [1.807, 2.05) is 0 Å². The Hall–Kier alpha value is -0.810. The third kappa shape index (κ3) is 6.62. The number of carbonyl (C=O) groups is 1. The maximum Gasteiger partial charge on any atom is 0.220 e. The van der Waals surface area contributed by atoms with E-state index in [0.29, 0.717) is 31.0 Å². The maximum atomic E-state index is 12.3. The monoisotopic (exact) mass is 427 g/mol. The third-order valence-corrected chi connectivity index (χ3v) is 6.41. The number of hydrogen-bond donors (Lipinski definition) is 2. The second-order valence-corrected chi connectivity index (χ2v) is 8.61. The lowest BCUT2D eigenvalue weighted by molar-refractivity contribution is -0.122. The number of amides is 1. The van der Waals surface area contributed by atoms with Crippen molar-refractivity contribution in [3.8, 4) is 0 Å². The molecule has 6 heteroatoms. The fraction of sp³-hybridized carbons (Fsp3) is 0.682. The van der Waals surface area contributed by atoms with E-state index in [1.165, 1.54) is 69.2 Å². The first-order valence-corrected chi connectivity index (χ1v) is 10.6. The minimum atomic E-state index is 0. The fourth-order valence-electron chi connectivity index (χ4n) is 5.02. The first-order valence-electron chi connectivity index (χ1n) is 10.6. The summed E-state index contributed by atoms with van der Waals surface area (Å²) in [5.41, 5.74) is 2.58. The molecule has 2 N–H and O–H groups in total.